The molecular formula is C24H27BrN4O3. The molecule has 0 bridgehead atoms. The number of methoxy groups -OCH3 is 1. The number of aromatic nitrogens is 2. The van der Waals surface area contributed by atoms with Crippen molar-refractivity contribution in [2.45, 2.75) is 38.8 Å². The summed E-state index contributed by atoms with van der Waals surface area (Å²) in [4.78, 5) is 35.1. The molecule has 8 heteroatoms. The maximum Gasteiger partial charge on any atom is 0.407 e. The number of nitrogens with zero attached hydrogens (tertiary/aromatic N) is 2. The number of rotatable bonds is 5. The second-order valence-corrected chi connectivity index (χ2v) is 9.32. The zero-order chi connectivity index (χ0) is 22.8. The van der Waals surface area contributed by atoms with Crippen LogP contribution in [0.2, 0.25) is 0 Å². The smallest absolute Gasteiger partial charge is 0.407 e. The van der Waals surface area contributed by atoms with E-state index in [4.69, 9.17) is 9.72 Å². The first-order valence-corrected chi connectivity index (χ1v) is 11.6. The number of fused-ring (bicyclic) bond motifs is 1. The van der Waals surface area contributed by atoms with Crippen LogP contribution in [0.3, 0.4) is 0 Å². The third-order valence-electron chi connectivity index (χ3n) is 5.92. The normalized spacial score (nSPS) is 17.0. The predicted molar refractivity (Wildman–Crippen MR) is 127 cm³/mol. The van der Waals surface area contributed by atoms with Crippen LogP contribution < -0.4 is 5.32 Å². The quantitative estimate of drug-likeness (QED) is 0.515. The Labute approximate surface area is 195 Å². The van der Waals surface area contributed by atoms with E-state index in [0.29, 0.717) is 6.54 Å². The van der Waals surface area contributed by atoms with E-state index in [9.17, 15) is 9.59 Å². The highest BCUT2D eigenvalue weighted by Gasteiger charge is 2.37. The predicted octanol–water partition coefficient (Wildman–Crippen LogP) is 5.04. The lowest BCUT2D eigenvalue weighted by Gasteiger charge is -2.29. The Morgan fingerprint density at radius 3 is 2.59 bits per heavy atom. The summed E-state index contributed by atoms with van der Waals surface area (Å²) in [7, 11) is 1.30. The first kappa shape index (κ1) is 22.3. The zero-order valence-electron chi connectivity index (χ0n) is 18.4. The lowest BCUT2D eigenvalue weighted by Crippen LogP contribution is -2.51. The number of aromatic amines is 1. The third-order valence-corrected chi connectivity index (χ3v) is 6.45. The Bertz CT molecular complexity index is 1130. The molecule has 3 aromatic rings. The van der Waals surface area contributed by atoms with Gasteiger partial charge in [-0.3, -0.25) is 4.79 Å². The lowest BCUT2D eigenvalue weighted by atomic mass is 10.0. The van der Waals surface area contributed by atoms with Crippen LogP contribution >= 0.6 is 15.9 Å². The van der Waals surface area contributed by atoms with Gasteiger partial charge in [0.15, 0.2) is 0 Å². The zero-order valence-corrected chi connectivity index (χ0v) is 20.0. The summed E-state index contributed by atoms with van der Waals surface area (Å²) in [5.74, 6) is 0.607. The number of amides is 2. The SMILES string of the molecule is COC(=O)NC(C(=O)N1CCCC1c1nc2ccc(-c3ccc(Br)cc3)cc2[nH]1)C(C)C. The molecule has 1 aromatic heterocycles. The molecule has 1 aliphatic heterocycles. The minimum Gasteiger partial charge on any atom is -0.453 e. The molecule has 4 rings (SSSR count). The molecule has 2 amide bonds. The van der Waals surface area contributed by atoms with Gasteiger partial charge in [-0.15, -0.1) is 0 Å². The minimum absolute atomic E-state index is 0.0630. The van der Waals surface area contributed by atoms with Gasteiger partial charge in [0.1, 0.15) is 11.9 Å². The number of likely N-dealkylation sites (tertiary alicyclic amines) is 1. The number of imidazole rings is 1. The fourth-order valence-electron chi connectivity index (χ4n) is 4.20. The largest absolute Gasteiger partial charge is 0.453 e. The molecule has 1 aliphatic rings. The van der Waals surface area contributed by atoms with Crippen molar-refractivity contribution in [2.75, 3.05) is 13.7 Å². The molecule has 2 heterocycles. The number of hydrogen-bond acceptors (Lipinski definition) is 4. The molecule has 0 spiro atoms. The third kappa shape index (κ3) is 4.50. The van der Waals surface area contributed by atoms with Gasteiger partial charge in [0, 0.05) is 11.0 Å². The van der Waals surface area contributed by atoms with Crippen LogP contribution in [-0.4, -0.2) is 46.6 Å². The molecule has 2 aromatic carbocycles. The van der Waals surface area contributed by atoms with Crippen LogP contribution in [0, 0.1) is 5.92 Å². The monoisotopic (exact) mass is 498 g/mol. The number of halogens is 1. The molecule has 1 fully saturated rings. The number of H-pyrrole nitrogens is 1. The van der Waals surface area contributed by atoms with Gasteiger partial charge in [0.05, 0.1) is 24.2 Å². The van der Waals surface area contributed by atoms with Gasteiger partial charge in [-0.05, 0) is 54.2 Å². The Morgan fingerprint density at radius 1 is 1.19 bits per heavy atom. The van der Waals surface area contributed by atoms with Crippen LogP contribution in [0.1, 0.15) is 38.6 Å². The second kappa shape index (κ2) is 9.32. The van der Waals surface area contributed by atoms with Crippen molar-refractivity contribution in [3.63, 3.8) is 0 Å². The molecule has 32 heavy (non-hydrogen) atoms. The molecule has 0 radical (unpaired) electrons. The van der Waals surface area contributed by atoms with Crippen LogP contribution in [-0.2, 0) is 9.53 Å². The highest BCUT2D eigenvalue weighted by Crippen LogP contribution is 2.33. The van der Waals surface area contributed by atoms with E-state index in [0.717, 1.165) is 45.3 Å². The summed E-state index contributed by atoms with van der Waals surface area (Å²) in [5.41, 5.74) is 4.03. The van der Waals surface area contributed by atoms with Crippen molar-refractivity contribution in [3.05, 3.63) is 52.8 Å². The van der Waals surface area contributed by atoms with Gasteiger partial charge in [-0.1, -0.05) is 48.0 Å². The minimum atomic E-state index is -0.642. The Morgan fingerprint density at radius 2 is 1.91 bits per heavy atom. The summed E-state index contributed by atoms with van der Waals surface area (Å²) in [5, 5.41) is 2.68. The second-order valence-electron chi connectivity index (χ2n) is 8.41. The highest BCUT2D eigenvalue weighted by molar-refractivity contribution is 9.10. The fourth-order valence-corrected chi connectivity index (χ4v) is 4.47. The average molecular weight is 499 g/mol. The highest BCUT2D eigenvalue weighted by atomic mass is 79.9. The van der Waals surface area contributed by atoms with Gasteiger partial charge in [-0.25, -0.2) is 9.78 Å². The summed E-state index contributed by atoms with van der Waals surface area (Å²) in [6, 6.07) is 13.5. The lowest BCUT2D eigenvalue weighted by molar-refractivity contribution is -0.135. The summed E-state index contributed by atoms with van der Waals surface area (Å²) in [6.45, 7) is 4.46. The van der Waals surface area contributed by atoms with Crippen molar-refractivity contribution >= 4 is 39.0 Å². The summed E-state index contributed by atoms with van der Waals surface area (Å²) in [6.07, 6.45) is 1.12. The van der Waals surface area contributed by atoms with Crippen molar-refractivity contribution in [2.24, 2.45) is 5.92 Å². The van der Waals surface area contributed by atoms with Crippen molar-refractivity contribution < 1.29 is 14.3 Å². The number of alkyl carbamates (subject to hydrolysis) is 1. The van der Waals surface area contributed by atoms with Gasteiger partial charge >= 0.3 is 6.09 Å². The van der Waals surface area contributed by atoms with Crippen LogP contribution in [0.4, 0.5) is 4.79 Å². The number of benzene rings is 2. The fraction of sp³-hybridized carbons (Fsp3) is 0.375. The topological polar surface area (TPSA) is 87.3 Å². The number of carbonyl (C=O) groups is 2. The first-order chi connectivity index (χ1) is 15.4. The maximum absolute atomic E-state index is 13.3. The van der Waals surface area contributed by atoms with Crippen LogP contribution in [0.25, 0.3) is 22.2 Å². The van der Waals surface area contributed by atoms with E-state index >= 15 is 0 Å². The number of hydrogen-bond donors (Lipinski definition) is 2. The Kier molecular flexibility index (Phi) is 6.50. The molecule has 2 N–H and O–H groups in total. The van der Waals surface area contributed by atoms with E-state index in [2.05, 4.69) is 50.5 Å². The van der Waals surface area contributed by atoms with E-state index < -0.39 is 12.1 Å². The van der Waals surface area contributed by atoms with Gasteiger partial charge in [0.25, 0.3) is 0 Å². The van der Waals surface area contributed by atoms with Crippen molar-refractivity contribution in [3.8, 4) is 11.1 Å². The molecule has 2 unspecified atom stereocenters. The van der Waals surface area contributed by atoms with Gasteiger partial charge in [-0.2, -0.15) is 0 Å². The number of carbonyl (C=O) groups excluding carboxylic acids is 2. The Hall–Kier alpha value is -2.87. The molecule has 7 nitrogen and oxygen atoms in total. The van der Waals surface area contributed by atoms with Gasteiger partial charge < -0.3 is 19.9 Å². The molecule has 2 atom stereocenters. The summed E-state index contributed by atoms with van der Waals surface area (Å²) < 4.78 is 5.75. The molecule has 1 saturated heterocycles. The first-order valence-electron chi connectivity index (χ1n) is 10.8. The van der Waals surface area contributed by atoms with Gasteiger partial charge in [0.2, 0.25) is 5.91 Å². The number of nitrogens with one attached hydrogen (secondary N) is 2. The molecular weight excluding hydrogens is 472 g/mol. The standard InChI is InChI=1S/C24H27BrN4O3/c1-14(2)21(28-24(31)32-3)23(30)29-12-4-5-20(29)22-26-18-11-8-16(13-19(18)27-22)15-6-9-17(25)10-7-15/h6-11,13-14,20-21H,4-5,12H2,1-3H3,(H,26,27)(H,28,31). The average Bonchev–Trinajstić information content (AvgIpc) is 3.43. The van der Waals surface area contributed by atoms with E-state index in [1.54, 1.807) is 0 Å². The van der Waals surface area contributed by atoms with E-state index in [-0.39, 0.29) is 17.9 Å². The number of ether oxygens (including phenoxy) is 1. The Balaban J connectivity index is 1.60. The van der Waals surface area contributed by atoms with Crippen LogP contribution in [0.15, 0.2) is 46.9 Å². The molecule has 0 aliphatic carbocycles. The molecule has 168 valence electrons. The van der Waals surface area contributed by atoms with E-state index in [1.807, 2.05) is 36.9 Å². The summed E-state index contributed by atoms with van der Waals surface area (Å²) >= 11 is 3.47. The van der Waals surface area contributed by atoms with Crippen molar-refractivity contribution in [1.29, 1.82) is 0 Å². The van der Waals surface area contributed by atoms with Crippen molar-refractivity contribution in [1.82, 2.24) is 20.2 Å². The maximum atomic E-state index is 13.3. The van der Waals surface area contributed by atoms with Crippen LogP contribution in [0.5, 0.6) is 0 Å². The van der Waals surface area contributed by atoms with E-state index in [1.165, 1.54) is 7.11 Å². The molecule has 0 saturated carbocycles.